The van der Waals surface area contributed by atoms with Crippen LogP contribution in [0.3, 0.4) is 0 Å². The summed E-state index contributed by atoms with van der Waals surface area (Å²) in [4.78, 5) is 26.9. The maximum atomic E-state index is 12.1. The quantitative estimate of drug-likeness (QED) is 0.808. The van der Waals surface area contributed by atoms with E-state index in [0.717, 1.165) is 11.3 Å². The number of carbonyl (C=O) groups excluding carboxylic acids is 2. The Balaban J connectivity index is 2.37. The molecular weight excluding hydrogens is 242 g/mol. The Morgan fingerprint density at radius 1 is 1.21 bits per heavy atom. The van der Waals surface area contributed by atoms with Gasteiger partial charge in [0.05, 0.1) is 0 Å². The molecule has 0 spiro atoms. The number of nitrogens with two attached hydrogens (primary N) is 1. The smallest absolute Gasteiger partial charge is 0.316 e. The molecule has 2 N–H and O–H groups in total. The van der Waals surface area contributed by atoms with Gasteiger partial charge in [-0.2, -0.15) is 0 Å². The van der Waals surface area contributed by atoms with Gasteiger partial charge in [-0.05, 0) is 24.1 Å². The van der Waals surface area contributed by atoms with Crippen LogP contribution in [0.25, 0.3) is 0 Å². The number of likely N-dealkylation sites (N-methyl/N-ethyl adjacent to an activating group) is 1. The lowest BCUT2D eigenvalue weighted by Crippen LogP contribution is -2.53. The minimum Gasteiger partial charge on any atom is -0.336 e. The molecular formula is C14H19N3O2. The van der Waals surface area contributed by atoms with Crippen molar-refractivity contribution in [3.63, 3.8) is 0 Å². The molecule has 102 valence electrons. The minimum absolute atomic E-state index is 0.152. The summed E-state index contributed by atoms with van der Waals surface area (Å²) in [6.45, 7) is 3.60. The van der Waals surface area contributed by atoms with Crippen LogP contribution >= 0.6 is 0 Å². The third kappa shape index (κ3) is 2.46. The van der Waals surface area contributed by atoms with Crippen molar-refractivity contribution in [1.29, 1.82) is 0 Å². The van der Waals surface area contributed by atoms with E-state index in [0.29, 0.717) is 19.6 Å². The zero-order valence-corrected chi connectivity index (χ0v) is 11.3. The Morgan fingerprint density at radius 2 is 1.89 bits per heavy atom. The van der Waals surface area contributed by atoms with Crippen molar-refractivity contribution >= 4 is 17.5 Å². The van der Waals surface area contributed by atoms with E-state index in [-0.39, 0.29) is 5.92 Å². The summed E-state index contributed by atoms with van der Waals surface area (Å²) in [6, 6.07) is 7.63. The topological polar surface area (TPSA) is 66.6 Å². The fourth-order valence-electron chi connectivity index (χ4n) is 2.24. The van der Waals surface area contributed by atoms with Gasteiger partial charge in [0, 0.05) is 25.8 Å². The summed E-state index contributed by atoms with van der Waals surface area (Å²) >= 11 is 0. The van der Waals surface area contributed by atoms with E-state index in [1.54, 1.807) is 11.9 Å². The summed E-state index contributed by atoms with van der Waals surface area (Å²) in [5, 5.41) is 0. The minimum atomic E-state index is -0.467. The van der Waals surface area contributed by atoms with Gasteiger partial charge in [-0.25, -0.2) is 0 Å². The molecule has 19 heavy (non-hydrogen) atoms. The molecule has 0 saturated carbocycles. The van der Waals surface area contributed by atoms with E-state index in [2.05, 4.69) is 0 Å². The number of hydrogen-bond acceptors (Lipinski definition) is 3. The van der Waals surface area contributed by atoms with E-state index in [4.69, 9.17) is 5.73 Å². The normalized spacial score (nSPS) is 17.8. The molecule has 1 aliphatic rings. The molecule has 2 amide bonds. The second-order valence-corrected chi connectivity index (χ2v) is 4.88. The van der Waals surface area contributed by atoms with Crippen LogP contribution in [0.2, 0.25) is 0 Å². The van der Waals surface area contributed by atoms with Crippen molar-refractivity contribution in [2.45, 2.75) is 12.8 Å². The maximum absolute atomic E-state index is 12.1. The standard InChI is InChI=1S/C14H19N3O2/c1-10(9-15)11-5-3-4-6-12(11)17-8-7-16(2)13(18)14(17)19/h3-6,10H,7-9,15H2,1-2H3. The molecule has 1 unspecified atom stereocenters. The molecule has 1 aromatic rings. The van der Waals surface area contributed by atoms with E-state index in [9.17, 15) is 9.59 Å². The van der Waals surface area contributed by atoms with E-state index >= 15 is 0 Å². The number of hydrogen-bond donors (Lipinski definition) is 1. The van der Waals surface area contributed by atoms with Crippen molar-refractivity contribution in [3.05, 3.63) is 29.8 Å². The predicted molar refractivity (Wildman–Crippen MR) is 73.9 cm³/mol. The number of amides is 2. The Hall–Kier alpha value is -1.88. The number of nitrogens with zero attached hydrogens (tertiary/aromatic N) is 2. The average molecular weight is 261 g/mol. The highest BCUT2D eigenvalue weighted by molar-refractivity contribution is 6.41. The Bertz CT molecular complexity index is 501. The second-order valence-electron chi connectivity index (χ2n) is 4.88. The number of rotatable bonds is 3. The number of para-hydroxylation sites is 1. The summed E-state index contributed by atoms with van der Waals surface area (Å²) in [6.07, 6.45) is 0. The molecule has 1 aromatic carbocycles. The number of benzene rings is 1. The number of anilines is 1. The van der Waals surface area contributed by atoms with Gasteiger partial charge in [-0.15, -0.1) is 0 Å². The molecule has 2 rings (SSSR count). The molecule has 1 aliphatic heterocycles. The highest BCUT2D eigenvalue weighted by Crippen LogP contribution is 2.28. The van der Waals surface area contributed by atoms with Gasteiger partial charge in [-0.1, -0.05) is 25.1 Å². The van der Waals surface area contributed by atoms with Crippen molar-refractivity contribution in [2.75, 3.05) is 31.6 Å². The first-order valence-electron chi connectivity index (χ1n) is 6.42. The largest absolute Gasteiger partial charge is 0.336 e. The molecule has 1 fully saturated rings. The van der Waals surface area contributed by atoms with Crippen molar-refractivity contribution in [3.8, 4) is 0 Å². The zero-order valence-electron chi connectivity index (χ0n) is 11.3. The Labute approximate surface area is 113 Å². The lowest BCUT2D eigenvalue weighted by molar-refractivity contribution is -0.145. The van der Waals surface area contributed by atoms with Crippen LogP contribution < -0.4 is 10.6 Å². The Morgan fingerprint density at radius 3 is 2.58 bits per heavy atom. The predicted octanol–water partition coefficient (Wildman–Crippen LogP) is 0.554. The third-order valence-corrected chi connectivity index (χ3v) is 3.55. The molecule has 5 nitrogen and oxygen atoms in total. The fourth-order valence-corrected chi connectivity index (χ4v) is 2.24. The zero-order chi connectivity index (χ0) is 14.0. The lowest BCUT2D eigenvalue weighted by atomic mass is 9.98. The van der Waals surface area contributed by atoms with Gasteiger partial charge in [0.1, 0.15) is 0 Å². The number of carbonyl (C=O) groups is 2. The molecule has 0 bridgehead atoms. The van der Waals surface area contributed by atoms with Gasteiger partial charge in [0.2, 0.25) is 0 Å². The van der Waals surface area contributed by atoms with Gasteiger partial charge in [-0.3, -0.25) is 9.59 Å². The van der Waals surface area contributed by atoms with E-state index in [1.807, 2.05) is 31.2 Å². The van der Waals surface area contributed by atoms with Crippen LogP contribution in [0.1, 0.15) is 18.4 Å². The van der Waals surface area contributed by atoms with Gasteiger partial charge in [0.25, 0.3) is 0 Å². The second kappa shape index (κ2) is 5.40. The first-order valence-corrected chi connectivity index (χ1v) is 6.42. The van der Waals surface area contributed by atoms with E-state index in [1.165, 1.54) is 4.90 Å². The summed E-state index contributed by atoms with van der Waals surface area (Å²) in [5.74, 6) is -0.773. The molecule has 1 saturated heterocycles. The van der Waals surface area contributed by atoms with Crippen molar-refractivity contribution < 1.29 is 9.59 Å². The first kappa shape index (κ1) is 13.5. The molecule has 1 heterocycles. The first-order chi connectivity index (χ1) is 9.06. The SMILES string of the molecule is CC(CN)c1ccccc1N1CCN(C)C(=O)C1=O. The van der Waals surface area contributed by atoms with Crippen LogP contribution in [0, 0.1) is 0 Å². The molecule has 1 atom stereocenters. The molecule has 5 heteroatoms. The van der Waals surface area contributed by atoms with Crippen molar-refractivity contribution in [2.24, 2.45) is 5.73 Å². The highest BCUT2D eigenvalue weighted by Gasteiger charge is 2.32. The van der Waals surface area contributed by atoms with Crippen LogP contribution in [0.5, 0.6) is 0 Å². The van der Waals surface area contributed by atoms with Gasteiger partial charge >= 0.3 is 11.8 Å². The Kier molecular flexibility index (Phi) is 3.85. The highest BCUT2D eigenvalue weighted by atomic mass is 16.2. The summed E-state index contributed by atoms with van der Waals surface area (Å²) in [5.41, 5.74) is 7.52. The van der Waals surface area contributed by atoms with Crippen LogP contribution in [-0.2, 0) is 9.59 Å². The monoisotopic (exact) mass is 261 g/mol. The molecule has 0 radical (unpaired) electrons. The van der Waals surface area contributed by atoms with E-state index < -0.39 is 11.8 Å². The molecule has 0 aliphatic carbocycles. The lowest BCUT2D eigenvalue weighted by Gasteiger charge is -2.33. The maximum Gasteiger partial charge on any atom is 0.316 e. The fraction of sp³-hybridized carbons (Fsp3) is 0.429. The third-order valence-electron chi connectivity index (χ3n) is 3.55. The number of piperazine rings is 1. The van der Waals surface area contributed by atoms with Gasteiger partial charge in [0.15, 0.2) is 0 Å². The van der Waals surface area contributed by atoms with Crippen molar-refractivity contribution in [1.82, 2.24) is 4.90 Å². The molecule has 0 aromatic heterocycles. The van der Waals surface area contributed by atoms with Crippen LogP contribution in [0.4, 0.5) is 5.69 Å². The summed E-state index contributed by atoms with van der Waals surface area (Å²) < 4.78 is 0. The van der Waals surface area contributed by atoms with Crippen LogP contribution in [-0.4, -0.2) is 43.4 Å². The van der Waals surface area contributed by atoms with Crippen LogP contribution in [0.15, 0.2) is 24.3 Å². The average Bonchev–Trinajstić information content (AvgIpc) is 2.44. The van der Waals surface area contributed by atoms with Gasteiger partial charge < -0.3 is 15.5 Å². The summed E-state index contributed by atoms with van der Waals surface area (Å²) in [7, 11) is 1.64.